The molecule has 2 saturated heterocycles. The number of likely N-dealkylation sites (tertiary alicyclic amines) is 1. The molecule has 0 aliphatic carbocycles. The van der Waals surface area contributed by atoms with E-state index in [4.69, 9.17) is 4.74 Å². The van der Waals surface area contributed by atoms with Crippen LogP contribution in [-0.4, -0.2) is 54.0 Å². The molecule has 0 bridgehead atoms. The van der Waals surface area contributed by atoms with E-state index in [-0.39, 0.29) is 17.9 Å². The van der Waals surface area contributed by atoms with Crippen LogP contribution in [0.1, 0.15) is 46.4 Å². The quantitative estimate of drug-likeness (QED) is 0.867. The van der Waals surface area contributed by atoms with Gasteiger partial charge in [-0.15, -0.1) is 0 Å². The summed E-state index contributed by atoms with van der Waals surface area (Å²) in [5.74, 6) is -0.0424. The Morgan fingerprint density at radius 3 is 2.57 bits per heavy atom. The molecule has 2 fully saturated rings. The van der Waals surface area contributed by atoms with Gasteiger partial charge in [0.1, 0.15) is 0 Å². The first-order valence-corrected chi connectivity index (χ1v) is 9.96. The number of aromatic nitrogens is 1. The molecule has 2 aliphatic heterocycles. The van der Waals surface area contributed by atoms with Crippen molar-refractivity contribution in [3.63, 3.8) is 0 Å². The van der Waals surface area contributed by atoms with Gasteiger partial charge in [-0.2, -0.15) is 0 Å². The highest BCUT2D eigenvalue weighted by Crippen LogP contribution is 2.21. The Hall–Kier alpha value is -2.73. The molecule has 6 heteroatoms. The third-order valence-electron chi connectivity index (χ3n) is 5.36. The molecule has 0 radical (unpaired) electrons. The van der Waals surface area contributed by atoms with Crippen LogP contribution >= 0.6 is 0 Å². The van der Waals surface area contributed by atoms with Crippen molar-refractivity contribution in [1.29, 1.82) is 0 Å². The SMILES string of the molecule is O=C(NC[C@H]1CCCO1)c1ccc(-c2cc(C(=O)N3CCCC3)ccn2)cc1. The molecule has 0 spiro atoms. The van der Waals surface area contributed by atoms with Crippen molar-refractivity contribution in [2.75, 3.05) is 26.2 Å². The average Bonchev–Trinajstić information content (AvgIpc) is 3.46. The Morgan fingerprint density at radius 2 is 1.86 bits per heavy atom. The van der Waals surface area contributed by atoms with Crippen molar-refractivity contribution >= 4 is 11.8 Å². The van der Waals surface area contributed by atoms with E-state index in [2.05, 4.69) is 10.3 Å². The lowest BCUT2D eigenvalue weighted by molar-refractivity contribution is 0.0792. The number of rotatable bonds is 5. The van der Waals surface area contributed by atoms with Gasteiger partial charge >= 0.3 is 0 Å². The monoisotopic (exact) mass is 379 g/mol. The zero-order valence-electron chi connectivity index (χ0n) is 15.9. The summed E-state index contributed by atoms with van der Waals surface area (Å²) in [6, 6.07) is 10.9. The standard InChI is InChI=1S/C22H25N3O3/c26-21(24-15-19-4-3-13-28-19)17-7-5-16(6-8-17)20-14-18(9-10-23-20)22(27)25-11-1-2-12-25/h5-10,14,19H,1-4,11-13,15H2,(H,24,26)/t19-/m1/s1. The summed E-state index contributed by atoms with van der Waals surface area (Å²) in [4.78, 5) is 31.2. The summed E-state index contributed by atoms with van der Waals surface area (Å²) < 4.78 is 5.53. The van der Waals surface area contributed by atoms with Crippen molar-refractivity contribution < 1.29 is 14.3 Å². The minimum Gasteiger partial charge on any atom is -0.376 e. The Labute approximate surface area is 164 Å². The fraction of sp³-hybridized carbons (Fsp3) is 0.409. The molecule has 2 aromatic rings. The van der Waals surface area contributed by atoms with Gasteiger partial charge in [0.2, 0.25) is 0 Å². The van der Waals surface area contributed by atoms with Crippen LogP contribution in [0, 0.1) is 0 Å². The van der Waals surface area contributed by atoms with Crippen LogP contribution in [0.5, 0.6) is 0 Å². The van der Waals surface area contributed by atoms with Crippen LogP contribution in [0.25, 0.3) is 11.3 Å². The maximum Gasteiger partial charge on any atom is 0.253 e. The molecule has 1 aromatic carbocycles. The van der Waals surface area contributed by atoms with Crippen LogP contribution in [0.15, 0.2) is 42.6 Å². The number of hydrogen-bond acceptors (Lipinski definition) is 4. The number of benzene rings is 1. The fourth-order valence-corrected chi connectivity index (χ4v) is 3.73. The summed E-state index contributed by atoms with van der Waals surface area (Å²) in [7, 11) is 0. The Kier molecular flexibility index (Phi) is 5.67. The van der Waals surface area contributed by atoms with Crippen LogP contribution in [0.2, 0.25) is 0 Å². The second-order valence-corrected chi connectivity index (χ2v) is 7.35. The Balaban J connectivity index is 1.42. The van der Waals surface area contributed by atoms with E-state index >= 15 is 0 Å². The van der Waals surface area contributed by atoms with E-state index in [0.29, 0.717) is 17.7 Å². The normalized spacial score (nSPS) is 19.0. The second-order valence-electron chi connectivity index (χ2n) is 7.35. The second kappa shape index (κ2) is 8.52. The van der Waals surface area contributed by atoms with Crippen molar-refractivity contribution in [3.8, 4) is 11.3 Å². The molecule has 1 N–H and O–H groups in total. The summed E-state index contributed by atoms with van der Waals surface area (Å²) in [6.07, 6.45) is 5.99. The zero-order valence-corrected chi connectivity index (χ0v) is 15.9. The minimum atomic E-state index is -0.104. The molecule has 4 rings (SSSR count). The van der Waals surface area contributed by atoms with E-state index in [0.717, 1.165) is 56.6 Å². The lowest BCUT2D eigenvalue weighted by atomic mass is 10.1. The van der Waals surface area contributed by atoms with Crippen molar-refractivity contribution in [2.24, 2.45) is 0 Å². The highest BCUT2D eigenvalue weighted by atomic mass is 16.5. The summed E-state index contributed by atoms with van der Waals surface area (Å²) in [6.45, 7) is 2.97. The van der Waals surface area contributed by atoms with E-state index in [1.165, 1.54) is 0 Å². The van der Waals surface area contributed by atoms with Gasteiger partial charge in [0.05, 0.1) is 11.8 Å². The predicted octanol–water partition coefficient (Wildman–Crippen LogP) is 2.89. The number of pyridine rings is 1. The molecule has 2 amide bonds. The lowest BCUT2D eigenvalue weighted by Crippen LogP contribution is -2.31. The van der Waals surface area contributed by atoms with Gasteiger partial charge < -0.3 is 15.0 Å². The van der Waals surface area contributed by atoms with Crippen molar-refractivity contribution in [1.82, 2.24) is 15.2 Å². The summed E-state index contributed by atoms with van der Waals surface area (Å²) in [5.41, 5.74) is 2.87. The van der Waals surface area contributed by atoms with Crippen LogP contribution in [-0.2, 0) is 4.74 Å². The highest BCUT2D eigenvalue weighted by molar-refractivity contribution is 5.96. The number of nitrogens with zero attached hydrogens (tertiary/aromatic N) is 2. The van der Waals surface area contributed by atoms with Gasteiger partial charge in [0.15, 0.2) is 0 Å². The predicted molar refractivity (Wildman–Crippen MR) is 106 cm³/mol. The van der Waals surface area contributed by atoms with Gasteiger partial charge in [0.25, 0.3) is 11.8 Å². The van der Waals surface area contributed by atoms with E-state index in [1.54, 1.807) is 24.4 Å². The number of ether oxygens (including phenoxy) is 1. The Morgan fingerprint density at radius 1 is 1.07 bits per heavy atom. The fourth-order valence-electron chi connectivity index (χ4n) is 3.73. The van der Waals surface area contributed by atoms with Gasteiger partial charge in [0, 0.05) is 49.1 Å². The lowest BCUT2D eigenvalue weighted by Gasteiger charge is -2.15. The average molecular weight is 379 g/mol. The largest absolute Gasteiger partial charge is 0.376 e. The van der Waals surface area contributed by atoms with Gasteiger partial charge in [-0.05, 0) is 49.9 Å². The first-order chi connectivity index (χ1) is 13.7. The van der Waals surface area contributed by atoms with Crippen LogP contribution in [0.3, 0.4) is 0 Å². The molecule has 1 aromatic heterocycles. The maximum absolute atomic E-state index is 12.6. The Bertz CT molecular complexity index is 838. The van der Waals surface area contributed by atoms with E-state index < -0.39 is 0 Å². The number of nitrogens with one attached hydrogen (secondary N) is 1. The van der Waals surface area contributed by atoms with E-state index in [9.17, 15) is 9.59 Å². The highest BCUT2D eigenvalue weighted by Gasteiger charge is 2.20. The molecule has 0 saturated carbocycles. The molecule has 146 valence electrons. The molecular weight excluding hydrogens is 354 g/mol. The minimum absolute atomic E-state index is 0.0614. The maximum atomic E-state index is 12.6. The summed E-state index contributed by atoms with van der Waals surface area (Å²) >= 11 is 0. The molecule has 2 aliphatic rings. The molecule has 28 heavy (non-hydrogen) atoms. The number of amides is 2. The van der Waals surface area contributed by atoms with Crippen LogP contribution in [0.4, 0.5) is 0 Å². The van der Waals surface area contributed by atoms with E-state index in [1.807, 2.05) is 23.1 Å². The molecule has 0 unspecified atom stereocenters. The number of hydrogen-bond donors (Lipinski definition) is 1. The van der Waals surface area contributed by atoms with Crippen molar-refractivity contribution in [3.05, 3.63) is 53.7 Å². The van der Waals surface area contributed by atoms with Crippen molar-refractivity contribution in [2.45, 2.75) is 31.8 Å². The first-order valence-electron chi connectivity index (χ1n) is 9.96. The zero-order chi connectivity index (χ0) is 19.3. The van der Waals surface area contributed by atoms with Gasteiger partial charge in [-0.1, -0.05) is 12.1 Å². The number of carbonyl (C=O) groups excluding carboxylic acids is 2. The molecule has 1 atom stereocenters. The first kappa shape index (κ1) is 18.6. The number of carbonyl (C=O) groups is 2. The molecule has 3 heterocycles. The van der Waals surface area contributed by atoms with Gasteiger partial charge in [-0.25, -0.2) is 0 Å². The smallest absolute Gasteiger partial charge is 0.253 e. The van der Waals surface area contributed by atoms with Crippen LogP contribution < -0.4 is 5.32 Å². The van der Waals surface area contributed by atoms with Gasteiger partial charge in [-0.3, -0.25) is 14.6 Å². The molecule has 6 nitrogen and oxygen atoms in total. The summed E-state index contributed by atoms with van der Waals surface area (Å²) in [5, 5.41) is 2.93. The molecular formula is C22H25N3O3. The third-order valence-corrected chi connectivity index (χ3v) is 5.36. The topological polar surface area (TPSA) is 71.5 Å². The third kappa shape index (κ3) is 4.22.